The van der Waals surface area contributed by atoms with Gasteiger partial charge >= 0.3 is 6.16 Å². The molecule has 0 saturated carbocycles. The van der Waals surface area contributed by atoms with Gasteiger partial charge < -0.3 is 15.2 Å². The topological polar surface area (TPSA) is 105 Å². The number of carboxylic acid groups (broad SMARTS) is 1. The first-order chi connectivity index (χ1) is 15.1. The predicted octanol–water partition coefficient (Wildman–Crippen LogP) is 5.28. The van der Waals surface area contributed by atoms with Crippen LogP contribution in [-0.2, 0) is 16.4 Å². The SMILES string of the molecule is CC1(C)Cc2cc(OC(=O)O)ccc2NC1c1cccc(S(=O)(=O)Nc2ccccc2)c1. The number of hydrogen-bond acceptors (Lipinski definition) is 5. The van der Waals surface area contributed by atoms with E-state index in [-0.39, 0.29) is 22.1 Å². The zero-order valence-electron chi connectivity index (χ0n) is 17.7. The van der Waals surface area contributed by atoms with Crippen LogP contribution < -0.4 is 14.8 Å². The highest BCUT2D eigenvalue weighted by Gasteiger charge is 2.36. The summed E-state index contributed by atoms with van der Waals surface area (Å²) in [5.41, 5.74) is 2.89. The van der Waals surface area contributed by atoms with Crippen molar-refractivity contribution >= 4 is 27.6 Å². The van der Waals surface area contributed by atoms with E-state index in [1.807, 2.05) is 12.1 Å². The maximum Gasteiger partial charge on any atom is 0.511 e. The molecule has 0 fully saturated rings. The van der Waals surface area contributed by atoms with Gasteiger partial charge in [-0.25, -0.2) is 13.2 Å². The third kappa shape index (κ3) is 4.55. The van der Waals surface area contributed by atoms with Crippen LogP contribution >= 0.6 is 0 Å². The molecule has 1 atom stereocenters. The van der Waals surface area contributed by atoms with Crippen molar-refractivity contribution in [3.05, 3.63) is 83.9 Å². The summed E-state index contributed by atoms with van der Waals surface area (Å²) in [6.07, 6.45) is -0.691. The van der Waals surface area contributed by atoms with E-state index in [4.69, 9.17) is 9.84 Å². The van der Waals surface area contributed by atoms with Gasteiger partial charge in [0, 0.05) is 11.4 Å². The Kier molecular flexibility index (Phi) is 5.56. The van der Waals surface area contributed by atoms with Gasteiger partial charge in [-0.05, 0) is 65.4 Å². The molecule has 1 heterocycles. The van der Waals surface area contributed by atoms with Gasteiger partial charge in [0.15, 0.2) is 0 Å². The van der Waals surface area contributed by atoms with Crippen LogP contribution in [0, 0.1) is 5.41 Å². The molecule has 0 aromatic heterocycles. The predicted molar refractivity (Wildman–Crippen MR) is 123 cm³/mol. The van der Waals surface area contributed by atoms with Crippen molar-refractivity contribution in [2.75, 3.05) is 10.0 Å². The summed E-state index contributed by atoms with van der Waals surface area (Å²) in [5, 5.41) is 12.4. The highest BCUT2D eigenvalue weighted by molar-refractivity contribution is 7.92. The van der Waals surface area contributed by atoms with Crippen LogP contribution in [0.25, 0.3) is 0 Å². The summed E-state index contributed by atoms with van der Waals surface area (Å²) in [6.45, 7) is 4.17. The number of benzene rings is 3. The third-order valence-corrected chi connectivity index (χ3v) is 6.92. The van der Waals surface area contributed by atoms with E-state index in [0.29, 0.717) is 12.1 Å². The highest BCUT2D eigenvalue weighted by atomic mass is 32.2. The summed E-state index contributed by atoms with van der Waals surface area (Å²) in [5.74, 6) is 0.271. The van der Waals surface area contributed by atoms with Gasteiger partial charge in [-0.15, -0.1) is 0 Å². The Morgan fingerprint density at radius 3 is 2.53 bits per heavy atom. The van der Waals surface area contributed by atoms with Crippen molar-refractivity contribution in [2.45, 2.75) is 31.2 Å². The number of nitrogens with one attached hydrogen (secondary N) is 2. The van der Waals surface area contributed by atoms with Crippen molar-refractivity contribution in [2.24, 2.45) is 5.41 Å². The number of para-hydroxylation sites is 1. The summed E-state index contributed by atoms with van der Waals surface area (Å²) in [6, 6.07) is 20.6. The van der Waals surface area contributed by atoms with E-state index in [1.165, 1.54) is 0 Å². The number of sulfonamides is 1. The lowest BCUT2D eigenvalue weighted by Gasteiger charge is -2.41. The number of carbonyl (C=O) groups is 1. The van der Waals surface area contributed by atoms with Crippen LogP contribution in [0.3, 0.4) is 0 Å². The number of ether oxygens (including phenoxy) is 1. The Labute approximate surface area is 187 Å². The van der Waals surface area contributed by atoms with Crippen LogP contribution in [0.5, 0.6) is 5.75 Å². The second kappa shape index (κ2) is 8.20. The molecule has 0 saturated heterocycles. The van der Waals surface area contributed by atoms with E-state index >= 15 is 0 Å². The van der Waals surface area contributed by atoms with Crippen LogP contribution in [-0.4, -0.2) is 19.7 Å². The molecule has 0 spiro atoms. The molecule has 3 aromatic rings. The molecular weight excluding hydrogens is 428 g/mol. The standard InChI is InChI=1S/C24H24N2O5S/c1-24(2)15-17-13-19(31-23(27)28)11-12-21(17)25-22(24)16-7-6-10-20(14-16)32(29,30)26-18-8-4-3-5-9-18/h3-14,22,25-26H,15H2,1-2H3,(H,27,28). The molecule has 1 unspecified atom stereocenters. The molecule has 0 aliphatic carbocycles. The van der Waals surface area contributed by atoms with E-state index < -0.39 is 16.2 Å². The van der Waals surface area contributed by atoms with Crippen LogP contribution in [0.1, 0.15) is 31.0 Å². The molecule has 8 heteroatoms. The third-order valence-electron chi connectivity index (χ3n) is 5.54. The number of rotatable bonds is 5. The van der Waals surface area contributed by atoms with E-state index in [2.05, 4.69) is 23.9 Å². The average molecular weight is 453 g/mol. The Morgan fingerprint density at radius 1 is 1.06 bits per heavy atom. The van der Waals surface area contributed by atoms with Crippen molar-refractivity contribution < 1.29 is 23.1 Å². The van der Waals surface area contributed by atoms with Crippen LogP contribution in [0.4, 0.5) is 16.2 Å². The van der Waals surface area contributed by atoms with Crippen LogP contribution in [0.2, 0.25) is 0 Å². The fourth-order valence-corrected chi connectivity index (χ4v) is 5.19. The highest BCUT2D eigenvalue weighted by Crippen LogP contribution is 2.45. The van der Waals surface area contributed by atoms with Crippen LogP contribution in [0.15, 0.2) is 77.7 Å². The van der Waals surface area contributed by atoms with Gasteiger partial charge in [-0.3, -0.25) is 4.72 Å². The minimum Gasteiger partial charge on any atom is -0.449 e. The lowest BCUT2D eigenvalue weighted by molar-refractivity contribution is 0.144. The molecule has 1 aliphatic rings. The summed E-state index contributed by atoms with van der Waals surface area (Å²) in [4.78, 5) is 11.0. The summed E-state index contributed by atoms with van der Waals surface area (Å²) >= 11 is 0. The molecular formula is C24H24N2O5S. The monoisotopic (exact) mass is 452 g/mol. The lowest BCUT2D eigenvalue weighted by atomic mass is 9.73. The molecule has 7 nitrogen and oxygen atoms in total. The zero-order chi connectivity index (χ0) is 22.9. The van der Waals surface area contributed by atoms with E-state index in [1.54, 1.807) is 60.7 Å². The molecule has 0 amide bonds. The van der Waals surface area contributed by atoms with E-state index in [0.717, 1.165) is 16.8 Å². The second-order valence-electron chi connectivity index (χ2n) is 8.47. The fraction of sp³-hybridized carbons (Fsp3) is 0.208. The summed E-state index contributed by atoms with van der Waals surface area (Å²) in [7, 11) is -3.74. The van der Waals surface area contributed by atoms with Crippen molar-refractivity contribution in [1.82, 2.24) is 0 Å². The normalized spacial score (nSPS) is 17.0. The molecule has 166 valence electrons. The maximum absolute atomic E-state index is 12.9. The largest absolute Gasteiger partial charge is 0.511 e. The number of hydrogen-bond donors (Lipinski definition) is 3. The smallest absolute Gasteiger partial charge is 0.449 e. The minimum absolute atomic E-state index is 0.145. The maximum atomic E-state index is 12.9. The van der Waals surface area contributed by atoms with Gasteiger partial charge in [-0.1, -0.05) is 44.2 Å². The Balaban J connectivity index is 1.63. The molecule has 3 N–H and O–H groups in total. The number of anilines is 2. The van der Waals surface area contributed by atoms with Gasteiger partial charge in [0.05, 0.1) is 10.9 Å². The average Bonchev–Trinajstić information content (AvgIpc) is 2.72. The fourth-order valence-electron chi connectivity index (χ4n) is 4.08. The molecule has 1 aliphatic heterocycles. The molecule has 32 heavy (non-hydrogen) atoms. The lowest BCUT2D eigenvalue weighted by Crippen LogP contribution is -2.35. The molecule has 3 aromatic carbocycles. The van der Waals surface area contributed by atoms with Crippen molar-refractivity contribution in [1.29, 1.82) is 0 Å². The number of fused-ring (bicyclic) bond motifs is 1. The molecule has 0 bridgehead atoms. The van der Waals surface area contributed by atoms with Crippen molar-refractivity contribution in [3.63, 3.8) is 0 Å². The Morgan fingerprint density at radius 2 is 1.81 bits per heavy atom. The molecule has 0 radical (unpaired) electrons. The Hall–Kier alpha value is -3.52. The first-order valence-corrected chi connectivity index (χ1v) is 11.6. The summed E-state index contributed by atoms with van der Waals surface area (Å²) < 4.78 is 33.2. The van der Waals surface area contributed by atoms with Gasteiger partial charge in [0.1, 0.15) is 5.75 Å². The first-order valence-electron chi connectivity index (χ1n) is 10.1. The quantitative estimate of drug-likeness (QED) is 0.359. The zero-order valence-corrected chi connectivity index (χ0v) is 18.5. The van der Waals surface area contributed by atoms with Gasteiger partial charge in [0.25, 0.3) is 10.0 Å². The van der Waals surface area contributed by atoms with Crippen molar-refractivity contribution in [3.8, 4) is 5.75 Å². The van der Waals surface area contributed by atoms with Gasteiger partial charge in [0.2, 0.25) is 0 Å². The Bertz CT molecular complexity index is 1260. The second-order valence-corrected chi connectivity index (χ2v) is 10.2. The first kappa shape index (κ1) is 21.7. The minimum atomic E-state index is -3.74. The molecule has 4 rings (SSSR count). The van der Waals surface area contributed by atoms with Gasteiger partial charge in [-0.2, -0.15) is 0 Å². The van der Waals surface area contributed by atoms with E-state index in [9.17, 15) is 13.2 Å².